The van der Waals surface area contributed by atoms with Gasteiger partial charge in [-0.1, -0.05) is 0 Å². The number of esters is 2. The van der Waals surface area contributed by atoms with Crippen LogP contribution in [0.4, 0.5) is 5.00 Å². The van der Waals surface area contributed by atoms with Crippen LogP contribution in [-0.4, -0.2) is 70.3 Å². The number of carbonyl (C=O) groups excluding carboxylic acids is 3. The van der Waals surface area contributed by atoms with E-state index in [9.17, 15) is 14.4 Å². The van der Waals surface area contributed by atoms with E-state index in [0.29, 0.717) is 21.9 Å². The van der Waals surface area contributed by atoms with Crippen molar-refractivity contribution in [1.29, 1.82) is 0 Å². The number of hydrogen-bond acceptors (Lipinski definition) is 6. The number of anilines is 1. The fourth-order valence-electron chi connectivity index (χ4n) is 3.48. The van der Waals surface area contributed by atoms with Crippen LogP contribution in [0.5, 0.6) is 0 Å². The van der Waals surface area contributed by atoms with Crippen molar-refractivity contribution in [3.05, 3.63) is 16.0 Å². The first-order chi connectivity index (χ1) is 13.9. The Hall–Kier alpha value is -1.97. The zero-order chi connectivity index (χ0) is 21.4. The van der Waals surface area contributed by atoms with Crippen LogP contribution < -0.4 is 15.1 Å². The molecule has 0 saturated carbocycles. The number of piperazine rings is 1. The molecule has 2 rings (SSSR count). The van der Waals surface area contributed by atoms with E-state index in [4.69, 9.17) is 9.47 Å². The molecule has 0 spiro atoms. The van der Waals surface area contributed by atoms with Gasteiger partial charge < -0.3 is 24.6 Å². The van der Waals surface area contributed by atoms with Gasteiger partial charge in [0.25, 0.3) is 0 Å². The van der Waals surface area contributed by atoms with Crippen LogP contribution in [0.3, 0.4) is 0 Å². The van der Waals surface area contributed by atoms with Gasteiger partial charge in [-0.15, -0.1) is 11.3 Å². The fraction of sp³-hybridized carbons (Fsp3) is 0.650. The summed E-state index contributed by atoms with van der Waals surface area (Å²) in [6.45, 7) is 14.1. The van der Waals surface area contributed by atoms with Crippen molar-refractivity contribution in [2.45, 2.75) is 34.1 Å². The molecule has 0 unspecified atom stereocenters. The molecule has 1 fully saturated rings. The molecule has 8 nitrogen and oxygen atoms in total. The van der Waals surface area contributed by atoms with E-state index < -0.39 is 11.9 Å². The maximum atomic E-state index is 12.5. The molecule has 0 aliphatic carbocycles. The van der Waals surface area contributed by atoms with Gasteiger partial charge in [0, 0.05) is 0 Å². The number of hydrogen-bond donors (Lipinski definition) is 3. The van der Waals surface area contributed by atoms with Crippen molar-refractivity contribution >= 4 is 34.2 Å². The highest BCUT2D eigenvalue weighted by atomic mass is 32.1. The SMILES string of the molecule is CCOC(=O)c1sc(NC(=O)CC[NH+]2CC[NH+](CC)CC2)c(C(=O)OCC)c1C. The quantitative estimate of drug-likeness (QED) is 0.464. The van der Waals surface area contributed by atoms with E-state index in [-0.39, 0.29) is 24.7 Å². The van der Waals surface area contributed by atoms with E-state index in [0.717, 1.165) is 50.6 Å². The molecule has 9 heteroatoms. The van der Waals surface area contributed by atoms with E-state index in [1.165, 1.54) is 4.90 Å². The third kappa shape index (κ3) is 6.25. The van der Waals surface area contributed by atoms with Crippen molar-refractivity contribution in [2.75, 3.05) is 57.8 Å². The summed E-state index contributed by atoms with van der Waals surface area (Å²) in [4.78, 5) is 40.5. The second-order valence-corrected chi connectivity index (χ2v) is 8.12. The first-order valence-electron chi connectivity index (χ1n) is 10.4. The number of rotatable bonds is 9. The van der Waals surface area contributed by atoms with Gasteiger partial charge in [-0.3, -0.25) is 4.79 Å². The lowest BCUT2D eigenvalue weighted by molar-refractivity contribution is -1.01. The largest absolute Gasteiger partial charge is 0.462 e. The van der Waals surface area contributed by atoms with E-state index in [1.54, 1.807) is 25.7 Å². The smallest absolute Gasteiger partial charge is 0.348 e. The highest BCUT2D eigenvalue weighted by Crippen LogP contribution is 2.34. The van der Waals surface area contributed by atoms with Crippen LogP contribution in [0.1, 0.15) is 52.8 Å². The summed E-state index contributed by atoms with van der Waals surface area (Å²) in [6, 6.07) is 0. The van der Waals surface area contributed by atoms with Crippen LogP contribution in [0.2, 0.25) is 0 Å². The summed E-state index contributed by atoms with van der Waals surface area (Å²) in [5.41, 5.74) is 0.715. The zero-order valence-corrected chi connectivity index (χ0v) is 18.6. The Labute approximate surface area is 176 Å². The Morgan fingerprint density at radius 1 is 0.966 bits per heavy atom. The molecule has 1 amide bonds. The summed E-state index contributed by atoms with van der Waals surface area (Å²) in [6.07, 6.45) is 0.366. The summed E-state index contributed by atoms with van der Waals surface area (Å²) in [7, 11) is 0. The van der Waals surface area contributed by atoms with Gasteiger partial charge in [-0.05, 0) is 33.3 Å². The van der Waals surface area contributed by atoms with Crippen molar-refractivity contribution in [3.63, 3.8) is 0 Å². The minimum absolute atomic E-state index is 0.162. The minimum atomic E-state index is -0.545. The molecule has 3 N–H and O–H groups in total. The van der Waals surface area contributed by atoms with Gasteiger partial charge in [-0.2, -0.15) is 0 Å². The number of thiophene rings is 1. The standard InChI is InChI=1S/C20H31N3O5S/c1-5-22-10-12-23(13-11-22)9-8-15(24)21-18-16(19(25)27-6-2)14(4)17(29-18)20(26)28-7-3/h5-13H2,1-4H3,(H,21,24)/p+2. The normalized spacial score (nSPS) is 18.9. The molecule has 1 aliphatic heterocycles. The number of quaternary nitrogens is 2. The molecule has 0 bridgehead atoms. The first kappa shape index (κ1) is 23.3. The Bertz CT molecular complexity index is 726. The van der Waals surface area contributed by atoms with Gasteiger partial charge in [0.05, 0.1) is 38.3 Å². The Morgan fingerprint density at radius 2 is 1.55 bits per heavy atom. The number of carbonyl (C=O) groups is 3. The second kappa shape index (κ2) is 11.3. The van der Waals surface area contributed by atoms with E-state index in [2.05, 4.69) is 12.2 Å². The molecule has 0 radical (unpaired) electrons. The Morgan fingerprint density at radius 3 is 2.14 bits per heavy atom. The lowest BCUT2D eigenvalue weighted by Crippen LogP contribution is -3.28. The number of ether oxygens (including phenoxy) is 2. The molecule has 1 aromatic rings. The molecule has 162 valence electrons. The summed E-state index contributed by atoms with van der Waals surface area (Å²) >= 11 is 1.06. The van der Waals surface area contributed by atoms with Crippen molar-refractivity contribution in [2.24, 2.45) is 0 Å². The highest BCUT2D eigenvalue weighted by Gasteiger charge is 2.28. The predicted octanol–water partition coefficient (Wildman–Crippen LogP) is -0.458. The summed E-state index contributed by atoms with van der Waals surface area (Å²) in [5.74, 6) is -1.21. The molecular weight excluding hydrogens is 394 g/mol. The number of likely N-dealkylation sites (N-methyl/N-ethyl adjacent to an activating group) is 1. The highest BCUT2D eigenvalue weighted by molar-refractivity contribution is 7.18. The van der Waals surface area contributed by atoms with Crippen molar-refractivity contribution in [1.82, 2.24) is 0 Å². The molecule has 0 aromatic carbocycles. The predicted molar refractivity (Wildman–Crippen MR) is 111 cm³/mol. The fourth-order valence-corrected chi connectivity index (χ4v) is 4.59. The molecule has 1 aromatic heterocycles. The van der Waals surface area contributed by atoms with Gasteiger partial charge in [0.15, 0.2) is 0 Å². The number of amides is 1. The molecule has 1 aliphatic rings. The third-order valence-electron chi connectivity index (χ3n) is 5.21. The van der Waals surface area contributed by atoms with Crippen LogP contribution >= 0.6 is 11.3 Å². The molecule has 1 saturated heterocycles. The maximum absolute atomic E-state index is 12.5. The Kier molecular flexibility index (Phi) is 9.06. The van der Waals surface area contributed by atoms with E-state index >= 15 is 0 Å². The van der Waals surface area contributed by atoms with E-state index in [1.807, 2.05) is 0 Å². The average Bonchev–Trinajstić information content (AvgIpc) is 3.03. The van der Waals surface area contributed by atoms with Crippen LogP contribution in [-0.2, 0) is 14.3 Å². The topological polar surface area (TPSA) is 90.6 Å². The van der Waals surface area contributed by atoms with Gasteiger partial charge in [-0.25, -0.2) is 9.59 Å². The Balaban J connectivity index is 2.05. The lowest BCUT2D eigenvalue weighted by atomic mass is 10.1. The molecule has 2 heterocycles. The zero-order valence-electron chi connectivity index (χ0n) is 17.8. The van der Waals surface area contributed by atoms with Gasteiger partial charge in [0.2, 0.25) is 5.91 Å². The first-order valence-corrected chi connectivity index (χ1v) is 11.2. The van der Waals surface area contributed by atoms with Crippen molar-refractivity contribution < 1.29 is 33.7 Å². The van der Waals surface area contributed by atoms with Crippen molar-refractivity contribution in [3.8, 4) is 0 Å². The lowest BCUT2D eigenvalue weighted by Gasteiger charge is -2.28. The van der Waals surface area contributed by atoms with Crippen LogP contribution in [0, 0.1) is 6.92 Å². The summed E-state index contributed by atoms with van der Waals surface area (Å²) < 4.78 is 10.2. The van der Waals surface area contributed by atoms with Gasteiger partial charge in [0.1, 0.15) is 36.1 Å². The van der Waals surface area contributed by atoms with Gasteiger partial charge >= 0.3 is 11.9 Å². The average molecular weight is 428 g/mol. The maximum Gasteiger partial charge on any atom is 0.348 e. The minimum Gasteiger partial charge on any atom is -0.462 e. The third-order valence-corrected chi connectivity index (χ3v) is 6.40. The summed E-state index contributed by atoms with van der Waals surface area (Å²) in [5, 5.41) is 3.17. The molecule has 29 heavy (non-hydrogen) atoms. The monoisotopic (exact) mass is 427 g/mol. The van der Waals surface area contributed by atoms with Crippen LogP contribution in [0.25, 0.3) is 0 Å². The molecule has 0 atom stereocenters. The molecular formula is C20H33N3O5S+2. The van der Waals surface area contributed by atoms with Crippen LogP contribution in [0.15, 0.2) is 0 Å². The number of nitrogens with one attached hydrogen (secondary N) is 3. The second-order valence-electron chi connectivity index (χ2n) is 7.10.